The smallest absolute Gasteiger partial charge is 0.337 e. The first-order chi connectivity index (χ1) is 12.7. The molecule has 2 heterocycles. The third-order valence-corrected chi connectivity index (χ3v) is 4.58. The second-order valence-electron chi connectivity index (χ2n) is 5.51. The van der Waals surface area contributed by atoms with Gasteiger partial charge in [-0.1, -0.05) is 6.07 Å². The first-order valence-corrected chi connectivity index (χ1v) is 8.86. The summed E-state index contributed by atoms with van der Waals surface area (Å²) in [5, 5.41) is 5.63. The van der Waals surface area contributed by atoms with Gasteiger partial charge < -0.3 is 10.1 Å². The first-order valence-electron chi connectivity index (χ1n) is 7.99. The van der Waals surface area contributed by atoms with Crippen LogP contribution >= 0.6 is 11.3 Å². The summed E-state index contributed by atoms with van der Waals surface area (Å²) in [4.78, 5) is 32.3. The van der Waals surface area contributed by atoms with Gasteiger partial charge >= 0.3 is 5.97 Å². The van der Waals surface area contributed by atoms with Gasteiger partial charge in [0, 0.05) is 35.4 Å². The van der Waals surface area contributed by atoms with E-state index in [0.29, 0.717) is 24.1 Å². The van der Waals surface area contributed by atoms with E-state index in [2.05, 4.69) is 20.0 Å². The Hall–Kier alpha value is -3.06. The number of nitrogens with one attached hydrogen (secondary N) is 1. The highest BCUT2D eigenvalue weighted by Crippen LogP contribution is 2.23. The Morgan fingerprint density at radius 2 is 2.12 bits per heavy atom. The lowest BCUT2D eigenvalue weighted by Gasteiger charge is -2.06. The summed E-state index contributed by atoms with van der Waals surface area (Å²) in [7, 11) is 1.32. The van der Waals surface area contributed by atoms with Gasteiger partial charge in [0.15, 0.2) is 0 Å². The SMILES string of the molecule is COC(=O)c1cccc(NC(=O)CCc2csc(-c3cccnc3)n2)c1. The maximum Gasteiger partial charge on any atom is 0.337 e. The van der Waals surface area contributed by atoms with Crippen LogP contribution in [0.3, 0.4) is 0 Å². The zero-order valence-electron chi connectivity index (χ0n) is 14.1. The van der Waals surface area contributed by atoms with Gasteiger partial charge in [0.25, 0.3) is 0 Å². The minimum atomic E-state index is -0.438. The van der Waals surface area contributed by atoms with Crippen LogP contribution in [-0.2, 0) is 16.0 Å². The number of methoxy groups -OCH3 is 1. The van der Waals surface area contributed by atoms with Crippen molar-refractivity contribution < 1.29 is 14.3 Å². The highest BCUT2D eigenvalue weighted by atomic mass is 32.1. The number of hydrogen-bond acceptors (Lipinski definition) is 6. The number of carbonyl (C=O) groups is 2. The van der Waals surface area contributed by atoms with Gasteiger partial charge in [-0.3, -0.25) is 9.78 Å². The van der Waals surface area contributed by atoms with Crippen LogP contribution in [0.1, 0.15) is 22.5 Å². The molecule has 1 amide bonds. The third kappa shape index (κ3) is 4.52. The lowest BCUT2D eigenvalue weighted by atomic mass is 10.2. The third-order valence-electron chi connectivity index (χ3n) is 3.64. The van der Waals surface area contributed by atoms with Crippen LogP contribution in [0.25, 0.3) is 10.6 Å². The van der Waals surface area contributed by atoms with Crippen molar-refractivity contribution in [3.05, 3.63) is 65.4 Å². The van der Waals surface area contributed by atoms with E-state index in [0.717, 1.165) is 16.3 Å². The number of esters is 1. The number of thiazole rings is 1. The predicted molar refractivity (Wildman–Crippen MR) is 100 cm³/mol. The second-order valence-corrected chi connectivity index (χ2v) is 6.36. The molecule has 7 heteroatoms. The number of amides is 1. The van der Waals surface area contributed by atoms with Crippen LogP contribution in [0, 0.1) is 0 Å². The molecule has 0 radical (unpaired) electrons. The van der Waals surface area contributed by atoms with Gasteiger partial charge in [-0.2, -0.15) is 0 Å². The van der Waals surface area contributed by atoms with Gasteiger partial charge in [0.2, 0.25) is 5.91 Å². The fourth-order valence-electron chi connectivity index (χ4n) is 2.35. The molecule has 2 aromatic heterocycles. The fraction of sp³-hybridized carbons (Fsp3) is 0.158. The fourth-order valence-corrected chi connectivity index (χ4v) is 3.20. The number of anilines is 1. The average molecular weight is 367 g/mol. The number of nitrogens with zero attached hydrogens (tertiary/aromatic N) is 2. The Morgan fingerprint density at radius 3 is 2.88 bits per heavy atom. The van der Waals surface area contributed by atoms with E-state index in [1.54, 1.807) is 36.7 Å². The molecule has 1 N–H and O–H groups in total. The van der Waals surface area contributed by atoms with Crippen molar-refractivity contribution in [3.8, 4) is 10.6 Å². The molecule has 0 spiro atoms. The molecule has 26 heavy (non-hydrogen) atoms. The van der Waals surface area contributed by atoms with E-state index in [9.17, 15) is 9.59 Å². The first kappa shape index (κ1) is 17.8. The molecule has 0 aliphatic heterocycles. The van der Waals surface area contributed by atoms with Crippen LogP contribution in [0.4, 0.5) is 5.69 Å². The number of carbonyl (C=O) groups excluding carboxylic acids is 2. The van der Waals surface area contributed by atoms with Gasteiger partial charge in [-0.05, 0) is 36.8 Å². The summed E-state index contributed by atoms with van der Waals surface area (Å²) >= 11 is 1.53. The number of aryl methyl sites for hydroxylation is 1. The summed E-state index contributed by atoms with van der Waals surface area (Å²) in [6.45, 7) is 0. The number of hydrogen-bond donors (Lipinski definition) is 1. The van der Waals surface area contributed by atoms with Crippen LogP contribution in [0.15, 0.2) is 54.2 Å². The molecule has 0 saturated carbocycles. The van der Waals surface area contributed by atoms with E-state index >= 15 is 0 Å². The van der Waals surface area contributed by atoms with Crippen LogP contribution < -0.4 is 5.32 Å². The maximum absolute atomic E-state index is 12.2. The Balaban J connectivity index is 1.56. The molecule has 1 aromatic carbocycles. The highest BCUT2D eigenvalue weighted by Gasteiger charge is 2.10. The Labute approximate surface area is 154 Å². The molecule has 6 nitrogen and oxygen atoms in total. The molecule has 0 bridgehead atoms. The number of benzene rings is 1. The molecule has 0 aliphatic carbocycles. The van der Waals surface area contributed by atoms with E-state index in [1.807, 2.05) is 17.5 Å². The molecule has 3 rings (SSSR count). The Kier molecular flexibility index (Phi) is 5.70. The van der Waals surface area contributed by atoms with E-state index < -0.39 is 5.97 Å². The van der Waals surface area contributed by atoms with E-state index in [-0.39, 0.29) is 5.91 Å². The number of pyridine rings is 1. The largest absolute Gasteiger partial charge is 0.465 e. The van der Waals surface area contributed by atoms with Crippen molar-refractivity contribution in [2.45, 2.75) is 12.8 Å². The predicted octanol–water partition coefficient (Wildman–Crippen LogP) is 3.56. The molecule has 0 fully saturated rings. The summed E-state index contributed by atoms with van der Waals surface area (Å²) in [5.74, 6) is -0.575. The van der Waals surface area contributed by atoms with E-state index in [1.165, 1.54) is 18.4 Å². The van der Waals surface area contributed by atoms with Crippen molar-refractivity contribution in [3.63, 3.8) is 0 Å². The van der Waals surface area contributed by atoms with Crippen molar-refractivity contribution >= 4 is 28.9 Å². The average Bonchev–Trinajstić information content (AvgIpc) is 3.16. The zero-order chi connectivity index (χ0) is 18.4. The summed E-state index contributed by atoms with van der Waals surface area (Å²) in [6.07, 6.45) is 4.33. The molecule has 0 atom stereocenters. The number of rotatable bonds is 6. The van der Waals surface area contributed by atoms with E-state index in [4.69, 9.17) is 0 Å². The van der Waals surface area contributed by atoms with Gasteiger partial charge in [0.1, 0.15) is 5.01 Å². The standard InChI is InChI=1S/C19H17N3O3S/c1-25-19(24)13-4-2-6-15(10-13)21-17(23)8-7-16-12-26-18(22-16)14-5-3-9-20-11-14/h2-6,9-12H,7-8H2,1H3,(H,21,23). The molecular weight excluding hydrogens is 350 g/mol. The second kappa shape index (κ2) is 8.35. The van der Waals surface area contributed by atoms with Crippen LogP contribution in [-0.4, -0.2) is 29.0 Å². The summed E-state index contributed by atoms with van der Waals surface area (Å²) in [5.41, 5.74) is 2.79. The number of ether oxygens (including phenoxy) is 1. The zero-order valence-corrected chi connectivity index (χ0v) is 15.0. The topological polar surface area (TPSA) is 81.2 Å². The van der Waals surface area contributed by atoms with Crippen LogP contribution in [0.2, 0.25) is 0 Å². The summed E-state index contributed by atoms with van der Waals surface area (Å²) in [6, 6.07) is 10.5. The van der Waals surface area contributed by atoms with Crippen molar-refractivity contribution in [1.82, 2.24) is 9.97 Å². The van der Waals surface area contributed by atoms with Gasteiger partial charge in [-0.15, -0.1) is 11.3 Å². The molecule has 3 aromatic rings. The lowest BCUT2D eigenvalue weighted by molar-refractivity contribution is -0.116. The molecule has 132 valence electrons. The Bertz CT molecular complexity index is 909. The maximum atomic E-state index is 12.2. The molecule has 0 aliphatic rings. The monoisotopic (exact) mass is 367 g/mol. The lowest BCUT2D eigenvalue weighted by Crippen LogP contribution is -2.13. The molecular formula is C19H17N3O3S. The normalized spacial score (nSPS) is 10.3. The van der Waals surface area contributed by atoms with Gasteiger partial charge in [-0.25, -0.2) is 9.78 Å². The molecule has 0 saturated heterocycles. The van der Waals surface area contributed by atoms with Gasteiger partial charge in [0.05, 0.1) is 18.4 Å². The van der Waals surface area contributed by atoms with Crippen molar-refractivity contribution in [1.29, 1.82) is 0 Å². The highest BCUT2D eigenvalue weighted by molar-refractivity contribution is 7.13. The quantitative estimate of drug-likeness (QED) is 0.674. The summed E-state index contributed by atoms with van der Waals surface area (Å²) < 4.78 is 4.68. The van der Waals surface area contributed by atoms with Crippen molar-refractivity contribution in [2.24, 2.45) is 0 Å². The number of aromatic nitrogens is 2. The minimum Gasteiger partial charge on any atom is -0.465 e. The van der Waals surface area contributed by atoms with Crippen molar-refractivity contribution in [2.75, 3.05) is 12.4 Å². The van der Waals surface area contributed by atoms with Crippen LogP contribution in [0.5, 0.6) is 0 Å². The Morgan fingerprint density at radius 1 is 1.23 bits per heavy atom. The minimum absolute atomic E-state index is 0.136. The molecule has 0 unspecified atom stereocenters.